The van der Waals surface area contributed by atoms with E-state index in [2.05, 4.69) is 0 Å². The average molecular weight is 235 g/mol. The minimum atomic E-state index is -0.243. The summed E-state index contributed by atoms with van der Waals surface area (Å²) in [5.41, 5.74) is 5.36. The fraction of sp³-hybridized carbons (Fsp3) is 0.667. The van der Waals surface area contributed by atoms with Crippen molar-refractivity contribution in [3.63, 3.8) is 0 Å². The van der Waals surface area contributed by atoms with E-state index in [9.17, 15) is 9.59 Å². The van der Waals surface area contributed by atoms with Crippen LogP contribution in [0.3, 0.4) is 0 Å². The van der Waals surface area contributed by atoms with Gasteiger partial charge >= 0.3 is 5.69 Å². The minimum Gasteiger partial charge on any atom is -0.385 e. The van der Waals surface area contributed by atoms with E-state index < -0.39 is 0 Å². The minimum absolute atomic E-state index is 0.0990. The Hall–Kier alpha value is -1.52. The van der Waals surface area contributed by atoms with E-state index in [-0.39, 0.29) is 23.3 Å². The lowest BCUT2D eigenvalue weighted by Gasteiger charge is -2.32. The largest absolute Gasteiger partial charge is 0.385 e. The third-order valence-corrected chi connectivity index (χ3v) is 4.08. The van der Waals surface area contributed by atoms with E-state index in [1.165, 1.54) is 10.6 Å². The number of nitrogens with zero attached hydrogens (tertiary/aromatic N) is 2. The van der Waals surface area contributed by atoms with Crippen molar-refractivity contribution in [3.05, 3.63) is 26.9 Å². The average Bonchev–Trinajstić information content (AvgIpc) is 2.12. The molecule has 0 aromatic carbocycles. The first-order chi connectivity index (χ1) is 8.18. The van der Waals surface area contributed by atoms with Gasteiger partial charge in [-0.15, -0.1) is 0 Å². The predicted octanol–water partition coefficient (Wildman–Crippen LogP) is 1.04. The van der Waals surface area contributed by atoms with Gasteiger partial charge in [0.05, 0.1) is 0 Å². The number of hydrogen-bond acceptors (Lipinski definition) is 3. The van der Waals surface area contributed by atoms with E-state index in [0.717, 1.165) is 38.5 Å². The van der Waals surface area contributed by atoms with Crippen molar-refractivity contribution in [3.8, 4) is 0 Å². The Morgan fingerprint density at radius 3 is 2.00 bits per heavy atom. The molecule has 0 amide bonds. The summed E-state index contributed by atoms with van der Waals surface area (Å²) in [4.78, 5) is 24.2. The molecule has 1 aromatic rings. The van der Waals surface area contributed by atoms with E-state index in [0.29, 0.717) is 5.82 Å². The van der Waals surface area contributed by atoms with Crippen LogP contribution in [0, 0.1) is 0 Å². The molecule has 1 heterocycles. The Bertz CT molecular complexity index is 550. The molecule has 0 saturated heterocycles. The maximum atomic E-state index is 12.3. The molecule has 2 N–H and O–H groups in total. The summed E-state index contributed by atoms with van der Waals surface area (Å²) >= 11 is 0. The van der Waals surface area contributed by atoms with Crippen molar-refractivity contribution in [2.45, 2.75) is 50.6 Å². The molecule has 5 heteroatoms. The lowest BCUT2D eigenvalue weighted by atomic mass is 9.92. The highest BCUT2D eigenvalue weighted by atomic mass is 16.2. The summed E-state index contributed by atoms with van der Waals surface area (Å²) in [6.45, 7) is 0. The van der Waals surface area contributed by atoms with Crippen LogP contribution >= 0.6 is 0 Å². The molecular formula is C12H17N3O2. The lowest BCUT2D eigenvalue weighted by molar-refractivity contribution is 0.262. The van der Waals surface area contributed by atoms with Crippen LogP contribution in [-0.4, -0.2) is 9.13 Å². The predicted molar refractivity (Wildman–Crippen MR) is 65.2 cm³/mol. The zero-order valence-corrected chi connectivity index (χ0v) is 9.76. The van der Waals surface area contributed by atoms with Crippen molar-refractivity contribution in [2.24, 2.45) is 0 Å². The topological polar surface area (TPSA) is 70.0 Å². The summed E-state index contributed by atoms with van der Waals surface area (Å²) in [6.07, 6.45) is 6.09. The third kappa shape index (κ3) is 1.52. The molecule has 3 rings (SSSR count). The number of nitrogen functional groups attached to an aromatic ring is 1. The van der Waals surface area contributed by atoms with Gasteiger partial charge < -0.3 is 5.73 Å². The Morgan fingerprint density at radius 2 is 1.53 bits per heavy atom. The first kappa shape index (κ1) is 10.6. The van der Waals surface area contributed by atoms with Crippen LogP contribution in [0.5, 0.6) is 0 Å². The van der Waals surface area contributed by atoms with Crippen LogP contribution in [-0.2, 0) is 0 Å². The molecule has 0 aliphatic heterocycles. The Morgan fingerprint density at radius 1 is 1.00 bits per heavy atom. The van der Waals surface area contributed by atoms with Gasteiger partial charge in [-0.05, 0) is 38.5 Å². The molecule has 0 unspecified atom stereocenters. The zero-order valence-electron chi connectivity index (χ0n) is 9.76. The molecule has 17 heavy (non-hydrogen) atoms. The number of aromatic nitrogens is 2. The Labute approximate surface area is 98.9 Å². The van der Waals surface area contributed by atoms with E-state index in [1.54, 1.807) is 4.57 Å². The fourth-order valence-electron chi connectivity index (χ4n) is 2.58. The highest BCUT2D eigenvalue weighted by Crippen LogP contribution is 2.33. The lowest BCUT2D eigenvalue weighted by Crippen LogP contribution is -2.46. The van der Waals surface area contributed by atoms with E-state index >= 15 is 0 Å². The molecule has 2 fully saturated rings. The quantitative estimate of drug-likeness (QED) is 0.832. The summed E-state index contributed by atoms with van der Waals surface area (Å²) in [7, 11) is 0. The standard InChI is InChI=1S/C12H17N3O2/c13-10-7-11(16)15(9-5-2-6-9)12(17)14(10)8-3-1-4-8/h7-9H,1-6,13H2. The molecular weight excluding hydrogens is 218 g/mol. The maximum absolute atomic E-state index is 12.3. The molecule has 2 aliphatic rings. The van der Waals surface area contributed by atoms with Gasteiger partial charge in [-0.3, -0.25) is 13.9 Å². The molecule has 2 aliphatic carbocycles. The SMILES string of the molecule is Nc1cc(=O)n(C2CCC2)c(=O)n1C1CCC1. The molecule has 0 bridgehead atoms. The second-order valence-corrected chi connectivity index (χ2v) is 5.10. The highest BCUT2D eigenvalue weighted by Gasteiger charge is 2.28. The first-order valence-corrected chi connectivity index (χ1v) is 6.32. The van der Waals surface area contributed by atoms with Gasteiger partial charge in [-0.2, -0.15) is 0 Å². The first-order valence-electron chi connectivity index (χ1n) is 6.32. The van der Waals surface area contributed by atoms with Gasteiger partial charge in [-0.1, -0.05) is 0 Å². The Kier molecular flexibility index (Phi) is 2.34. The van der Waals surface area contributed by atoms with Crippen molar-refractivity contribution >= 4 is 5.82 Å². The van der Waals surface area contributed by atoms with Crippen molar-refractivity contribution in [1.82, 2.24) is 9.13 Å². The smallest absolute Gasteiger partial charge is 0.333 e. The highest BCUT2D eigenvalue weighted by molar-refractivity contribution is 5.28. The molecule has 0 spiro atoms. The summed E-state index contributed by atoms with van der Waals surface area (Å²) in [6, 6.07) is 1.70. The van der Waals surface area contributed by atoms with Gasteiger partial charge in [-0.25, -0.2) is 4.79 Å². The number of anilines is 1. The second-order valence-electron chi connectivity index (χ2n) is 5.10. The second kappa shape index (κ2) is 3.75. The molecule has 5 nitrogen and oxygen atoms in total. The summed E-state index contributed by atoms with van der Waals surface area (Å²) in [5, 5.41) is 0. The monoisotopic (exact) mass is 235 g/mol. The van der Waals surface area contributed by atoms with Crippen molar-refractivity contribution < 1.29 is 0 Å². The fourth-order valence-corrected chi connectivity index (χ4v) is 2.58. The number of nitrogens with two attached hydrogens (primary N) is 1. The van der Waals surface area contributed by atoms with Gasteiger partial charge in [0.1, 0.15) is 5.82 Å². The third-order valence-electron chi connectivity index (χ3n) is 4.08. The van der Waals surface area contributed by atoms with Crippen LogP contribution in [0.25, 0.3) is 0 Å². The van der Waals surface area contributed by atoms with E-state index in [1.807, 2.05) is 0 Å². The van der Waals surface area contributed by atoms with Crippen LogP contribution in [0.1, 0.15) is 50.6 Å². The van der Waals surface area contributed by atoms with Gasteiger partial charge in [0.25, 0.3) is 5.56 Å². The number of rotatable bonds is 2. The Balaban J connectivity index is 2.14. The van der Waals surface area contributed by atoms with E-state index in [4.69, 9.17) is 5.73 Å². The maximum Gasteiger partial charge on any atom is 0.333 e. The van der Waals surface area contributed by atoms with Crippen LogP contribution in [0.15, 0.2) is 15.7 Å². The molecule has 2 saturated carbocycles. The molecule has 0 radical (unpaired) electrons. The summed E-state index contributed by atoms with van der Waals surface area (Å²) < 4.78 is 3.02. The van der Waals surface area contributed by atoms with Gasteiger partial charge in [0.15, 0.2) is 0 Å². The molecule has 92 valence electrons. The van der Waals surface area contributed by atoms with Gasteiger partial charge in [0.2, 0.25) is 0 Å². The van der Waals surface area contributed by atoms with Crippen molar-refractivity contribution in [1.29, 1.82) is 0 Å². The van der Waals surface area contributed by atoms with Crippen molar-refractivity contribution in [2.75, 3.05) is 5.73 Å². The molecule has 1 aromatic heterocycles. The van der Waals surface area contributed by atoms with Gasteiger partial charge in [0, 0.05) is 18.2 Å². The summed E-state index contributed by atoms with van der Waals surface area (Å²) in [5.74, 6) is 0.320. The van der Waals surface area contributed by atoms with Crippen LogP contribution in [0.2, 0.25) is 0 Å². The van der Waals surface area contributed by atoms with Crippen LogP contribution in [0.4, 0.5) is 5.82 Å². The van der Waals surface area contributed by atoms with Crippen LogP contribution < -0.4 is 17.0 Å². The zero-order chi connectivity index (χ0) is 12.0. The molecule has 0 atom stereocenters. The number of hydrogen-bond donors (Lipinski definition) is 1. The normalized spacial score (nSPS) is 20.9.